The maximum atomic E-state index is 13.8. The number of methoxy groups -OCH3 is 1. The molecular formula is C12H16FNO. The first kappa shape index (κ1) is 10.4. The second-order valence-electron chi connectivity index (χ2n) is 4.18. The van der Waals surface area contributed by atoms with Crippen molar-refractivity contribution in [2.75, 3.05) is 7.11 Å². The fraction of sp³-hybridized carbons (Fsp3) is 0.500. The van der Waals surface area contributed by atoms with Gasteiger partial charge in [-0.05, 0) is 25.0 Å². The summed E-state index contributed by atoms with van der Waals surface area (Å²) in [6.07, 6.45) is 3.80. The fourth-order valence-electron chi connectivity index (χ4n) is 2.41. The Morgan fingerprint density at radius 2 is 2.00 bits per heavy atom. The Morgan fingerprint density at radius 3 is 2.60 bits per heavy atom. The van der Waals surface area contributed by atoms with E-state index in [9.17, 15) is 4.39 Å². The highest BCUT2D eigenvalue weighted by molar-refractivity contribution is 5.40. The van der Waals surface area contributed by atoms with Crippen molar-refractivity contribution in [2.45, 2.75) is 31.2 Å². The molecule has 0 radical (unpaired) electrons. The van der Waals surface area contributed by atoms with Gasteiger partial charge in [0.15, 0.2) is 0 Å². The minimum absolute atomic E-state index is 0.251. The van der Waals surface area contributed by atoms with Gasteiger partial charge in [0.1, 0.15) is 11.6 Å². The number of benzene rings is 1. The van der Waals surface area contributed by atoms with Crippen molar-refractivity contribution >= 4 is 0 Å². The van der Waals surface area contributed by atoms with Crippen LogP contribution in [0.4, 0.5) is 4.39 Å². The number of hydrogen-bond acceptors (Lipinski definition) is 2. The minimum Gasteiger partial charge on any atom is -0.496 e. The van der Waals surface area contributed by atoms with Crippen LogP contribution in [0.3, 0.4) is 0 Å². The van der Waals surface area contributed by atoms with Gasteiger partial charge in [-0.2, -0.15) is 0 Å². The zero-order valence-corrected chi connectivity index (χ0v) is 8.92. The van der Waals surface area contributed by atoms with Crippen molar-refractivity contribution in [1.29, 1.82) is 0 Å². The molecule has 0 aliphatic heterocycles. The fourth-order valence-corrected chi connectivity index (χ4v) is 2.41. The number of rotatable bonds is 2. The standard InChI is InChI=1S/C12H16FNO/c1-15-10-6-4-5-9(13)11(10)12(14)7-2-3-8-12/h4-6H,2-3,7-8,14H2,1H3. The van der Waals surface area contributed by atoms with Gasteiger partial charge in [0, 0.05) is 11.1 Å². The molecule has 1 aromatic carbocycles. The van der Waals surface area contributed by atoms with Crippen LogP contribution in [0, 0.1) is 5.82 Å². The molecule has 3 heteroatoms. The first-order valence-electron chi connectivity index (χ1n) is 5.29. The average Bonchev–Trinajstić information content (AvgIpc) is 2.65. The topological polar surface area (TPSA) is 35.2 Å². The molecule has 2 nitrogen and oxygen atoms in total. The Labute approximate surface area is 89.2 Å². The minimum atomic E-state index is -0.531. The normalized spacial score (nSPS) is 19.1. The summed E-state index contributed by atoms with van der Waals surface area (Å²) >= 11 is 0. The third kappa shape index (κ3) is 1.72. The average molecular weight is 209 g/mol. The third-order valence-corrected chi connectivity index (χ3v) is 3.19. The summed E-state index contributed by atoms with van der Waals surface area (Å²) < 4.78 is 19.0. The van der Waals surface area contributed by atoms with Crippen molar-refractivity contribution in [1.82, 2.24) is 0 Å². The summed E-state index contributed by atoms with van der Waals surface area (Å²) in [7, 11) is 1.55. The first-order valence-corrected chi connectivity index (χ1v) is 5.29. The zero-order chi connectivity index (χ0) is 10.9. The molecule has 1 aliphatic rings. The SMILES string of the molecule is COc1cccc(F)c1C1(N)CCCC1. The predicted octanol–water partition coefficient (Wildman–Crippen LogP) is 2.56. The van der Waals surface area contributed by atoms with Crippen molar-refractivity contribution in [3.63, 3.8) is 0 Å². The van der Waals surface area contributed by atoms with Gasteiger partial charge in [-0.1, -0.05) is 18.9 Å². The molecule has 1 aliphatic carbocycles. The lowest BCUT2D eigenvalue weighted by atomic mass is 9.88. The Morgan fingerprint density at radius 1 is 1.33 bits per heavy atom. The maximum absolute atomic E-state index is 13.8. The predicted molar refractivity (Wildman–Crippen MR) is 57.3 cm³/mol. The summed E-state index contributed by atoms with van der Waals surface area (Å²) in [4.78, 5) is 0. The summed E-state index contributed by atoms with van der Waals surface area (Å²) in [6, 6.07) is 4.87. The molecule has 0 spiro atoms. The van der Waals surface area contributed by atoms with Crippen LogP contribution in [0.5, 0.6) is 5.75 Å². The van der Waals surface area contributed by atoms with E-state index in [1.807, 2.05) is 0 Å². The first-order chi connectivity index (χ1) is 7.17. The van der Waals surface area contributed by atoms with Crippen LogP contribution >= 0.6 is 0 Å². The van der Waals surface area contributed by atoms with Crippen LogP contribution in [0.15, 0.2) is 18.2 Å². The van der Waals surface area contributed by atoms with Gasteiger partial charge in [0.2, 0.25) is 0 Å². The van der Waals surface area contributed by atoms with Crippen molar-refractivity contribution in [3.05, 3.63) is 29.6 Å². The number of nitrogens with two attached hydrogens (primary N) is 1. The molecule has 1 aromatic rings. The largest absolute Gasteiger partial charge is 0.496 e. The van der Waals surface area contributed by atoms with E-state index in [-0.39, 0.29) is 5.82 Å². The quantitative estimate of drug-likeness (QED) is 0.812. The lowest BCUT2D eigenvalue weighted by molar-refractivity contribution is 0.365. The van der Waals surface area contributed by atoms with Gasteiger partial charge < -0.3 is 10.5 Å². The van der Waals surface area contributed by atoms with Gasteiger partial charge >= 0.3 is 0 Å². The van der Waals surface area contributed by atoms with Gasteiger partial charge in [-0.25, -0.2) is 4.39 Å². The van der Waals surface area contributed by atoms with Crippen molar-refractivity contribution in [3.8, 4) is 5.75 Å². The lowest BCUT2D eigenvalue weighted by Gasteiger charge is -2.26. The zero-order valence-electron chi connectivity index (χ0n) is 8.92. The highest BCUT2D eigenvalue weighted by atomic mass is 19.1. The molecule has 1 saturated carbocycles. The van der Waals surface area contributed by atoms with E-state index >= 15 is 0 Å². The van der Waals surface area contributed by atoms with E-state index in [1.165, 1.54) is 6.07 Å². The monoisotopic (exact) mass is 209 g/mol. The van der Waals surface area contributed by atoms with Crippen LogP contribution in [-0.2, 0) is 5.54 Å². The van der Waals surface area contributed by atoms with Crippen LogP contribution < -0.4 is 10.5 Å². The summed E-state index contributed by atoms with van der Waals surface area (Å²) in [5.74, 6) is 0.318. The molecule has 0 aromatic heterocycles. The molecule has 0 atom stereocenters. The Balaban J connectivity index is 2.49. The van der Waals surface area contributed by atoms with E-state index in [2.05, 4.69) is 0 Å². The van der Waals surface area contributed by atoms with Crippen LogP contribution in [0.1, 0.15) is 31.2 Å². The van der Waals surface area contributed by atoms with Crippen LogP contribution in [-0.4, -0.2) is 7.11 Å². The van der Waals surface area contributed by atoms with Crippen LogP contribution in [0.25, 0.3) is 0 Å². The molecule has 1 fully saturated rings. The van der Waals surface area contributed by atoms with Crippen molar-refractivity contribution in [2.24, 2.45) is 5.73 Å². The Kier molecular flexibility index (Phi) is 2.65. The summed E-state index contributed by atoms with van der Waals surface area (Å²) in [5, 5.41) is 0. The van der Waals surface area contributed by atoms with E-state index in [0.717, 1.165) is 25.7 Å². The molecule has 0 bridgehead atoms. The van der Waals surface area contributed by atoms with Gasteiger partial charge in [-0.15, -0.1) is 0 Å². The van der Waals surface area contributed by atoms with Gasteiger partial charge in [0.05, 0.1) is 7.11 Å². The Hall–Kier alpha value is -1.09. The second kappa shape index (κ2) is 3.81. The molecular weight excluding hydrogens is 193 g/mol. The smallest absolute Gasteiger partial charge is 0.131 e. The van der Waals surface area contributed by atoms with E-state index in [1.54, 1.807) is 19.2 Å². The summed E-state index contributed by atoms with van der Waals surface area (Å²) in [5.41, 5.74) is 6.25. The Bertz CT molecular complexity index is 359. The highest BCUT2D eigenvalue weighted by Crippen LogP contribution is 2.41. The molecule has 2 rings (SSSR count). The lowest BCUT2D eigenvalue weighted by Crippen LogP contribution is -2.34. The van der Waals surface area contributed by atoms with Crippen LogP contribution in [0.2, 0.25) is 0 Å². The third-order valence-electron chi connectivity index (χ3n) is 3.19. The van der Waals surface area contributed by atoms with Gasteiger partial charge in [0.25, 0.3) is 0 Å². The molecule has 82 valence electrons. The molecule has 0 heterocycles. The molecule has 2 N–H and O–H groups in total. The van der Waals surface area contributed by atoms with E-state index in [4.69, 9.17) is 10.5 Å². The maximum Gasteiger partial charge on any atom is 0.131 e. The number of ether oxygens (including phenoxy) is 1. The van der Waals surface area contributed by atoms with Crippen molar-refractivity contribution < 1.29 is 9.13 Å². The second-order valence-corrected chi connectivity index (χ2v) is 4.18. The number of halogens is 1. The summed E-state index contributed by atoms with van der Waals surface area (Å²) in [6.45, 7) is 0. The van der Waals surface area contributed by atoms with Gasteiger partial charge in [-0.3, -0.25) is 0 Å². The molecule has 0 unspecified atom stereocenters. The highest BCUT2D eigenvalue weighted by Gasteiger charge is 2.36. The molecule has 0 saturated heterocycles. The van der Waals surface area contributed by atoms with E-state index < -0.39 is 5.54 Å². The number of hydrogen-bond donors (Lipinski definition) is 1. The molecule has 0 amide bonds. The molecule has 15 heavy (non-hydrogen) atoms. The van der Waals surface area contributed by atoms with E-state index in [0.29, 0.717) is 11.3 Å².